The molecule has 0 saturated carbocycles. The SMILES string of the molecule is CC/C=C\C/C=C\C/C=C\C/C=C\C/C=C\CCCCCCCCCCCCCCCCCCCC(=O)NC(COC1OC(CO)C(OC2OC(CO)C(O)C(O)C2O)C(O)C1O)C(O)CCCCC. The topological polar surface area (TPSA) is 228 Å². The quantitative estimate of drug-likeness (QED) is 0.0208. The fourth-order valence-corrected chi connectivity index (χ4v) is 8.79. The second kappa shape index (κ2) is 42.1. The minimum atomic E-state index is -1.78. The predicted molar refractivity (Wildman–Crippen MR) is 277 cm³/mol. The van der Waals surface area contributed by atoms with Gasteiger partial charge in [-0.05, 0) is 57.8 Å². The first-order valence-electron chi connectivity index (χ1n) is 27.5. The van der Waals surface area contributed by atoms with Crippen LogP contribution in [0.1, 0.15) is 194 Å². The zero-order chi connectivity index (χ0) is 51.0. The molecule has 0 bridgehead atoms. The Balaban J connectivity index is 1.51. The Kier molecular flexibility index (Phi) is 38.4. The number of hydrogen-bond donors (Lipinski definition) is 9. The number of nitrogens with one attached hydrogen (secondary N) is 1. The lowest BCUT2D eigenvalue weighted by atomic mass is 9.97. The average molecular weight is 994 g/mol. The zero-order valence-corrected chi connectivity index (χ0v) is 43.2. The number of unbranched alkanes of at least 4 members (excludes halogenated alkanes) is 19. The fraction of sp³-hybridized carbons (Fsp3) is 0.804. The van der Waals surface area contributed by atoms with Crippen LogP contribution in [0.25, 0.3) is 0 Å². The molecule has 9 N–H and O–H groups in total. The van der Waals surface area contributed by atoms with Crippen LogP contribution in [-0.4, -0.2) is 140 Å². The molecule has 0 aromatic rings. The van der Waals surface area contributed by atoms with Gasteiger partial charge in [0.2, 0.25) is 5.91 Å². The predicted octanol–water partition coefficient (Wildman–Crippen LogP) is 8.22. The number of rotatable bonds is 42. The minimum Gasteiger partial charge on any atom is -0.394 e. The molecule has 0 aromatic carbocycles. The van der Waals surface area contributed by atoms with E-state index >= 15 is 0 Å². The molecule has 2 aliphatic heterocycles. The summed E-state index contributed by atoms with van der Waals surface area (Å²) in [6.45, 7) is 2.55. The minimum absolute atomic E-state index is 0.220. The van der Waals surface area contributed by atoms with Gasteiger partial charge in [-0.2, -0.15) is 0 Å². The summed E-state index contributed by atoms with van der Waals surface area (Å²) in [5, 5.41) is 86.1. The van der Waals surface area contributed by atoms with Gasteiger partial charge in [-0.3, -0.25) is 4.79 Å². The van der Waals surface area contributed by atoms with E-state index in [-0.39, 0.29) is 12.5 Å². The Morgan fingerprint density at radius 2 is 0.986 bits per heavy atom. The largest absolute Gasteiger partial charge is 0.394 e. The lowest BCUT2D eigenvalue weighted by Gasteiger charge is -2.46. The van der Waals surface area contributed by atoms with E-state index in [9.17, 15) is 45.6 Å². The molecule has 406 valence electrons. The number of allylic oxidation sites excluding steroid dienone is 10. The molecule has 2 fully saturated rings. The van der Waals surface area contributed by atoms with Crippen molar-refractivity contribution in [2.24, 2.45) is 0 Å². The third-order valence-electron chi connectivity index (χ3n) is 13.2. The van der Waals surface area contributed by atoms with Gasteiger partial charge in [-0.25, -0.2) is 0 Å². The molecule has 2 rings (SSSR count). The van der Waals surface area contributed by atoms with E-state index in [2.05, 4.69) is 79.9 Å². The molecule has 12 unspecified atom stereocenters. The fourth-order valence-electron chi connectivity index (χ4n) is 8.79. The number of hydrogen-bond acceptors (Lipinski definition) is 13. The van der Waals surface area contributed by atoms with Gasteiger partial charge < -0.3 is 65.1 Å². The number of amides is 1. The maximum absolute atomic E-state index is 13.0. The van der Waals surface area contributed by atoms with Crippen molar-refractivity contribution < 1.29 is 64.6 Å². The molecule has 2 heterocycles. The van der Waals surface area contributed by atoms with Crippen molar-refractivity contribution in [3.8, 4) is 0 Å². The second-order valence-corrected chi connectivity index (χ2v) is 19.3. The summed E-state index contributed by atoms with van der Waals surface area (Å²) < 4.78 is 22.5. The first-order chi connectivity index (χ1) is 34.1. The van der Waals surface area contributed by atoms with Gasteiger partial charge in [0.25, 0.3) is 0 Å². The van der Waals surface area contributed by atoms with Gasteiger partial charge in [0.05, 0.1) is 32.0 Å². The summed E-state index contributed by atoms with van der Waals surface area (Å²) in [7, 11) is 0. The first kappa shape index (κ1) is 63.8. The number of ether oxygens (including phenoxy) is 4. The Hall–Kier alpha value is -2.31. The van der Waals surface area contributed by atoms with Gasteiger partial charge in [0, 0.05) is 6.42 Å². The number of aliphatic hydroxyl groups is 8. The molecular weight excluding hydrogens is 895 g/mol. The third kappa shape index (κ3) is 28.2. The molecule has 1 amide bonds. The highest BCUT2D eigenvalue weighted by Gasteiger charge is 2.51. The first-order valence-corrected chi connectivity index (χ1v) is 27.5. The van der Waals surface area contributed by atoms with E-state index in [0.717, 1.165) is 77.0 Å². The second-order valence-electron chi connectivity index (χ2n) is 19.3. The number of carbonyl (C=O) groups is 1. The molecule has 2 aliphatic rings. The highest BCUT2D eigenvalue weighted by molar-refractivity contribution is 5.76. The summed E-state index contributed by atoms with van der Waals surface area (Å²) in [4.78, 5) is 13.0. The molecule has 70 heavy (non-hydrogen) atoms. The molecule has 2 saturated heterocycles. The van der Waals surface area contributed by atoms with E-state index < -0.39 is 86.8 Å². The normalized spacial score (nSPS) is 26.4. The molecule has 0 spiro atoms. The van der Waals surface area contributed by atoms with Crippen LogP contribution in [0.4, 0.5) is 0 Å². The Labute approximate surface area is 422 Å². The lowest BCUT2D eigenvalue weighted by Crippen LogP contribution is -2.65. The van der Waals surface area contributed by atoms with Crippen molar-refractivity contribution in [2.75, 3.05) is 19.8 Å². The summed E-state index contributed by atoms with van der Waals surface area (Å²) >= 11 is 0. The monoisotopic (exact) mass is 994 g/mol. The van der Waals surface area contributed by atoms with Crippen molar-refractivity contribution in [2.45, 2.75) is 267 Å². The van der Waals surface area contributed by atoms with Crippen LogP contribution in [0.3, 0.4) is 0 Å². The van der Waals surface area contributed by atoms with Crippen LogP contribution in [0.2, 0.25) is 0 Å². The van der Waals surface area contributed by atoms with Gasteiger partial charge in [-0.1, -0.05) is 190 Å². The summed E-state index contributed by atoms with van der Waals surface area (Å²) in [5.41, 5.74) is 0. The lowest BCUT2D eigenvalue weighted by molar-refractivity contribution is -0.359. The summed E-state index contributed by atoms with van der Waals surface area (Å²) in [6, 6.07) is -0.824. The zero-order valence-electron chi connectivity index (χ0n) is 43.2. The molecular formula is C56H99NO13. The Bertz CT molecular complexity index is 1410. The molecule has 14 heteroatoms. The summed E-state index contributed by atoms with van der Waals surface area (Å²) in [6.07, 6.45) is 36.5. The van der Waals surface area contributed by atoms with E-state index in [1.807, 2.05) is 0 Å². The maximum Gasteiger partial charge on any atom is 0.220 e. The van der Waals surface area contributed by atoms with Crippen LogP contribution in [0, 0.1) is 0 Å². The van der Waals surface area contributed by atoms with Crippen LogP contribution >= 0.6 is 0 Å². The molecule has 0 aromatic heterocycles. The van der Waals surface area contributed by atoms with Crippen molar-refractivity contribution >= 4 is 5.91 Å². The van der Waals surface area contributed by atoms with Crippen LogP contribution < -0.4 is 5.32 Å². The van der Waals surface area contributed by atoms with Crippen LogP contribution in [0.15, 0.2) is 60.8 Å². The van der Waals surface area contributed by atoms with Crippen molar-refractivity contribution in [1.29, 1.82) is 0 Å². The van der Waals surface area contributed by atoms with Crippen molar-refractivity contribution in [3.05, 3.63) is 60.8 Å². The van der Waals surface area contributed by atoms with Gasteiger partial charge in [0.1, 0.15) is 48.8 Å². The van der Waals surface area contributed by atoms with Crippen molar-refractivity contribution in [3.63, 3.8) is 0 Å². The number of aliphatic hydroxyl groups excluding tert-OH is 8. The van der Waals surface area contributed by atoms with E-state index in [0.29, 0.717) is 12.8 Å². The van der Waals surface area contributed by atoms with E-state index in [1.165, 1.54) is 89.9 Å². The molecule has 0 aliphatic carbocycles. The summed E-state index contributed by atoms with van der Waals surface area (Å²) in [5.74, 6) is -0.220. The van der Waals surface area contributed by atoms with Gasteiger partial charge in [-0.15, -0.1) is 0 Å². The van der Waals surface area contributed by atoms with E-state index in [1.54, 1.807) is 0 Å². The van der Waals surface area contributed by atoms with E-state index in [4.69, 9.17) is 18.9 Å². The van der Waals surface area contributed by atoms with Crippen LogP contribution in [-0.2, 0) is 23.7 Å². The molecule has 14 nitrogen and oxygen atoms in total. The van der Waals surface area contributed by atoms with Crippen LogP contribution in [0.5, 0.6) is 0 Å². The molecule has 0 radical (unpaired) electrons. The average Bonchev–Trinajstić information content (AvgIpc) is 3.36. The van der Waals surface area contributed by atoms with Gasteiger partial charge in [0.15, 0.2) is 12.6 Å². The molecule has 12 atom stereocenters. The number of carbonyl (C=O) groups excluding carboxylic acids is 1. The highest BCUT2D eigenvalue weighted by Crippen LogP contribution is 2.30. The Morgan fingerprint density at radius 1 is 0.529 bits per heavy atom. The van der Waals surface area contributed by atoms with Crippen molar-refractivity contribution in [1.82, 2.24) is 5.32 Å². The standard InChI is InChI=1S/C56H99NO13/c1-3-5-7-8-9-10-11-12-13-14-15-16-17-18-19-20-21-22-23-24-25-26-27-28-29-30-31-32-33-34-35-36-38-40-48(61)57-44(45(60)39-37-6-4-2)43-67-55-53(66)51(64)54(47(42-59)69-55)70-56-52(65)50(63)49(62)46(41-58)68-56/h5,7,9-10,12-13,15-16,18-19,44-47,49-56,58-60,62-66H,3-4,6,8,11,14,17,20-43H2,1-2H3,(H,57,61)/b7-5-,10-9-,13-12-,16-15-,19-18-. The smallest absolute Gasteiger partial charge is 0.220 e. The van der Waals surface area contributed by atoms with Gasteiger partial charge >= 0.3 is 0 Å². The highest BCUT2D eigenvalue weighted by atomic mass is 16.7. The third-order valence-corrected chi connectivity index (χ3v) is 13.2. The Morgan fingerprint density at radius 3 is 1.49 bits per heavy atom. The maximum atomic E-state index is 13.0.